The van der Waals surface area contributed by atoms with Crippen LogP contribution in [0.3, 0.4) is 0 Å². The van der Waals surface area contributed by atoms with Crippen molar-refractivity contribution in [2.24, 2.45) is 0 Å². The molecule has 1 unspecified atom stereocenters. The molecule has 1 aromatic heterocycles. The van der Waals surface area contributed by atoms with Crippen LogP contribution in [0.15, 0.2) is 0 Å². The van der Waals surface area contributed by atoms with Crippen molar-refractivity contribution < 1.29 is 19.4 Å². The van der Waals surface area contributed by atoms with Crippen LogP contribution in [-0.2, 0) is 16.1 Å². The van der Waals surface area contributed by atoms with Gasteiger partial charge in [0.25, 0.3) is 0 Å². The van der Waals surface area contributed by atoms with Crippen LogP contribution in [0.25, 0.3) is 0 Å². The van der Waals surface area contributed by atoms with E-state index in [1.807, 2.05) is 6.92 Å². The highest BCUT2D eigenvalue weighted by Crippen LogP contribution is 2.13. The van der Waals surface area contributed by atoms with Gasteiger partial charge in [0, 0.05) is 14.2 Å². The first-order valence-corrected chi connectivity index (χ1v) is 4.77. The van der Waals surface area contributed by atoms with Gasteiger partial charge in [0.05, 0.1) is 24.9 Å². The van der Waals surface area contributed by atoms with Gasteiger partial charge in [-0.05, 0) is 6.92 Å². The highest BCUT2D eigenvalue weighted by molar-refractivity contribution is 5.86. The number of hydrogen-bond acceptors (Lipinski definition) is 5. The third kappa shape index (κ3) is 2.56. The van der Waals surface area contributed by atoms with E-state index in [2.05, 4.69) is 10.3 Å². The Bertz CT molecular complexity index is 364. The summed E-state index contributed by atoms with van der Waals surface area (Å²) in [7, 11) is 3.06. The molecule has 7 nitrogen and oxygen atoms in total. The molecule has 16 heavy (non-hydrogen) atoms. The van der Waals surface area contributed by atoms with Gasteiger partial charge in [-0.25, -0.2) is 9.48 Å². The van der Waals surface area contributed by atoms with Crippen molar-refractivity contribution in [2.75, 3.05) is 20.8 Å². The minimum absolute atomic E-state index is 0.0789. The fraction of sp³-hybridized carbons (Fsp3) is 0.667. The Balaban J connectivity index is 3.04. The molecule has 0 amide bonds. The molecule has 0 bridgehead atoms. The molecule has 1 atom stereocenters. The lowest BCUT2D eigenvalue weighted by Crippen LogP contribution is -2.17. The predicted octanol–water partition coefficient (Wildman–Crippen LogP) is 0.330. The first-order chi connectivity index (χ1) is 7.61. The van der Waals surface area contributed by atoms with E-state index in [1.54, 1.807) is 7.11 Å². The van der Waals surface area contributed by atoms with Gasteiger partial charge in [-0.1, -0.05) is 5.21 Å². The van der Waals surface area contributed by atoms with Crippen molar-refractivity contribution in [3.05, 3.63) is 11.4 Å². The van der Waals surface area contributed by atoms with Crippen LogP contribution in [0.5, 0.6) is 0 Å². The molecule has 0 saturated heterocycles. The van der Waals surface area contributed by atoms with Crippen LogP contribution in [0.2, 0.25) is 0 Å². The molecule has 90 valence electrons. The van der Waals surface area contributed by atoms with Crippen LogP contribution in [0.1, 0.15) is 29.1 Å². The monoisotopic (exact) mass is 229 g/mol. The Hall–Kier alpha value is -1.47. The highest BCUT2D eigenvalue weighted by Gasteiger charge is 2.21. The second kappa shape index (κ2) is 5.57. The second-order valence-corrected chi connectivity index (χ2v) is 3.37. The largest absolute Gasteiger partial charge is 0.476 e. The van der Waals surface area contributed by atoms with Crippen LogP contribution < -0.4 is 0 Å². The molecular weight excluding hydrogens is 214 g/mol. The summed E-state index contributed by atoms with van der Waals surface area (Å²) in [5, 5.41) is 16.3. The third-order valence-electron chi connectivity index (χ3n) is 2.10. The molecule has 0 aliphatic carbocycles. The van der Waals surface area contributed by atoms with E-state index in [1.165, 1.54) is 11.8 Å². The molecular formula is C9H15N3O4. The Morgan fingerprint density at radius 1 is 1.50 bits per heavy atom. The maximum Gasteiger partial charge on any atom is 0.358 e. The maximum absolute atomic E-state index is 10.9. The van der Waals surface area contributed by atoms with E-state index in [0.29, 0.717) is 12.3 Å². The van der Waals surface area contributed by atoms with E-state index in [0.717, 1.165) is 0 Å². The van der Waals surface area contributed by atoms with Crippen molar-refractivity contribution in [3.8, 4) is 0 Å². The summed E-state index contributed by atoms with van der Waals surface area (Å²) in [5.74, 6) is -1.11. The molecule has 0 saturated carbocycles. The first-order valence-electron chi connectivity index (χ1n) is 4.77. The average Bonchev–Trinajstić information content (AvgIpc) is 2.62. The van der Waals surface area contributed by atoms with Crippen molar-refractivity contribution in [2.45, 2.75) is 19.6 Å². The summed E-state index contributed by atoms with van der Waals surface area (Å²) in [5.41, 5.74) is 0.365. The van der Waals surface area contributed by atoms with Crippen LogP contribution in [0, 0.1) is 0 Å². The van der Waals surface area contributed by atoms with Crippen molar-refractivity contribution in [1.82, 2.24) is 15.0 Å². The van der Waals surface area contributed by atoms with E-state index in [-0.39, 0.29) is 18.3 Å². The molecule has 1 aromatic rings. The number of carboxylic acid groups (broad SMARTS) is 1. The molecule has 0 aliphatic heterocycles. The number of ether oxygens (including phenoxy) is 2. The van der Waals surface area contributed by atoms with Gasteiger partial charge >= 0.3 is 5.97 Å². The van der Waals surface area contributed by atoms with Gasteiger partial charge < -0.3 is 14.6 Å². The molecule has 0 fully saturated rings. The minimum Gasteiger partial charge on any atom is -0.476 e. The zero-order valence-corrected chi connectivity index (χ0v) is 9.51. The average molecular weight is 229 g/mol. The molecule has 0 aromatic carbocycles. The summed E-state index contributed by atoms with van der Waals surface area (Å²) in [6.07, 6.45) is 0. The van der Waals surface area contributed by atoms with Gasteiger partial charge in [-0.15, -0.1) is 5.10 Å². The Morgan fingerprint density at radius 3 is 2.69 bits per heavy atom. The summed E-state index contributed by atoms with van der Waals surface area (Å²) in [6, 6.07) is -0.0873. The van der Waals surface area contributed by atoms with E-state index < -0.39 is 5.97 Å². The number of aromatic nitrogens is 3. The molecule has 1 heterocycles. The van der Waals surface area contributed by atoms with Crippen LogP contribution >= 0.6 is 0 Å². The van der Waals surface area contributed by atoms with Gasteiger partial charge in [-0.2, -0.15) is 0 Å². The Morgan fingerprint density at radius 2 is 2.19 bits per heavy atom. The van der Waals surface area contributed by atoms with Crippen molar-refractivity contribution in [3.63, 3.8) is 0 Å². The van der Waals surface area contributed by atoms with Crippen LogP contribution in [0.4, 0.5) is 0 Å². The highest BCUT2D eigenvalue weighted by atomic mass is 16.5. The molecule has 1 N–H and O–H groups in total. The number of carboxylic acids is 1. The molecule has 1 rings (SSSR count). The normalized spacial score (nSPS) is 12.7. The Kier molecular flexibility index (Phi) is 4.39. The number of hydrogen-bond donors (Lipinski definition) is 1. The second-order valence-electron chi connectivity index (χ2n) is 3.37. The SMILES string of the molecule is COCc1c(C(=O)O)nnn1C(C)COC. The Labute approximate surface area is 93.0 Å². The molecule has 7 heteroatoms. The summed E-state index contributed by atoms with van der Waals surface area (Å²) >= 11 is 0. The standard InChI is InChI=1S/C9H15N3O4/c1-6(4-15-2)12-7(5-16-3)8(9(13)14)10-11-12/h6H,4-5H2,1-3H3,(H,13,14). The minimum atomic E-state index is -1.11. The third-order valence-corrected chi connectivity index (χ3v) is 2.10. The maximum atomic E-state index is 10.9. The van der Waals surface area contributed by atoms with Gasteiger partial charge in [0.1, 0.15) is 0 Å². The molecule has 0 aliphatic rings. The fourth-order valence-electron chi connectivity index (χ4n) is 1.42. The van der Waals surface area contributed by atoms with Gasteiger partial charge in [0.15, 0.2) is 5.69 Å². The number of rotatable bonds is 6. The molecule has 0 radical (unpaired) electrons. The summed E-state index contributed by atoms with van der Waals surface area (Å²) < 4.78 is 11.4. The number of carbonyl (C=O) groups is 1. The van der Waals surface area contributed by atoms with Crippen molar-refractivity contribution >= 4 is 5.97 Å². The van der Waals surface area contributed by atoms with E-state index >= 15 is 0 Å². The van der Waals surface area contributed by atoms with Gasteiger partial charge in [0.2, 0.25) is 0 Å². The van der Waals surface area contributed by atoms with E-state index in [9.17, 15) is 4.79 Å². The lowest BCUT2D eigenvalue weighted by atomic mass is 10.3. The van der Waals surface area contributed by atoms with Gasteiger partial charge in [-0.3, -0.25) is 0 Å². The fourth-order valence-corrected chi connectivity index (χ4v) is 1.42. The summed E-state index contributed by atoms with van der Waals surface area (Å²) in [6.45, 7) is 2.45. The zero-order chi connectivity index (χ0) is 12.1. The van der Waals surface area contributed by atoms with E-state index in [4.69, 9.17) is 14.6 Å². The lowest BCUT2D eigenvalue weighted by Gasteiger charge is -2.13. The van der Waals surface area contributed by atoms with Crippen molar-refractivity contribution in [1.29, 1.82) is 0 Å². The smallest absolute Gasteiger partial charge is 0.358 e. The quantitative estimate of drug-likeness (QED) is 0.756. The number of nitrogens with zero attached hydrogens (tertiary/aromatic N) is 3. The molecule has 0 spiro atoms. The topological polar surface area (TPSA) is 86.5 Å². The number of aromatic carboxylic acids is 1. The summed E-state index contributed by atoms with van der Waals surface area (Å²) in [4.78, 5) is 10.9. The number of methoxy groups -OCH3 is 2. The predicted molar refractivity (Wildman–Crippen MR) is 54.3 cm³/mol. The zero-order valence-electron chi connectivity index (χ0n) is 9.51. The first kappa shape index (κ1) is 12.6. The lowest BCUT2D eigenvalue weighted by molar-refractivity contribution is 0.0684. The van der Waals surface area contributed by atoms with Crippen LogP contribution in [-0.4, -0.2) is 46.9 Å².